The van der Waals surface area contributed by atoms with Crippen LogP contribution in [0.15, 0.2) is 79.7 Å². The average molecular weight is 663 g/mol. The van der Waals surface area contributed by atoms with E-state index >= 15 is 0 Å². The number of esters is 1. The van der Waals surface area contributed by atoms with E-state index in [9.17, 15) is 19.2 Å². The second kappa shape index (κ2) is 10.3. The van der Waals surface area contributed by atoms with Crippen LogP contribution in [0.4, 0.5) is 10.5 Å². The molecule has 176 valence electrons. The van der Waals surface area contributed by atoms with Crippen molar-refractivity contribution < 1.29 is 23.9 Å². The Morgan fingerprint density at radius 3 is 2.23 bits per heavy atom. The van der Waals surface area contributed by atoms with E-state index in [0.29, 0.717) is 14.5 Å². The number of aryl methyl sites for hydroxylation is 1. The first-order valence-electron chi connectivity index (χ1n) is 10.1. The molecule has 0 saturated carbocycles. The molecule has 10 heteroatoms. The number of amides is 4. The molecule has 1 aliphatic heterocycles. The van der Waals surface area contributed by atoms with Gasteiger partial charge >= 0.3 is 12.0 Å². The Morgan fingerprint density at radius 1 is 0.914 bits per heavy atom. The molecule has 1 saturated heterocycles. The number of rotatable bonds is 4. The number of nitrogens with one attached hydrogen (secondary N) is 1. The van der Waals surface area contributed by atoms with E-state index in [-0.39, 0.29) is 22.6 Å². The van der Waals surface area contributed by atoms with Gasteiger partial charge in [0.15, 0.2) is 5.75 Å². The Morgan fingerprint density at radius 2 is 1.57 bits per heavy atom. The summed E-state index contributed by atoms with van der Waals surface area (Å²) in [6.07, 6.45) is 1.28. The number of nitrogens with zero attached hydrogens (tertiary/aromatic N) is 1. The number of halogens is 3. The number of hydrogen-bond acceptors (Lipinski definition) is 5. The minimum absolute atomic E-state index is 0.110. The van der Waals surface area contributed by atoms with Crippen molar-refractivity contribution >= 4 is 83.4 Å². The van der Waals surface area contributed by atoms with Crippen molar-refractivity contribution in [1.29, 1.82) is 0 Å². The Hall–Kier alpha value is -3.08. The molecule has 1 N–H and O–H groups in total. The van der Waals surface area contributed by atoms with Gasteiger partial charge in [0.2, 0.25) is 0 Å². The van der Waals surface area contributed by atoms with Crippen molar-refractivity contribution in [3.63, 3.8) is 0 Å². The highest BCUT2D eigenvalue weighted by Gasteiger charge is 2.37. The second-order valence-electron chi connectivity index (χ2n) is 7.50. The lowest BCUT2D eigenvalue weighted by Gasteiger charge is -2.26. The van der Waals surface area contributed by atoms with Crippen molar-refractivity contribution in [3.05, 3.63) is 96.3 Å². The summed E-state index contributed by atoms with van der Waals surface area (Å²) in [5, 5.41) is 2.18. The lowest BCUT2D eigenvalue weighted by molar-refractivity contribution is -0.122. The molecule has 0 radical (unpaired) electrons. The van der Waals surface area contributed by atoms with E-state index in [2.05, 4.69) is 53.1 Å². The molecular weight excluding hydrogens is 648 g/mol. The maximum Gasteiger partial charge on any atom is 0.343 e. The van der Waals surface area contributed by atoms with Crippen LogP contribution >= 0.6 is 47.8 Å². The van der Waals surface area contributed by atoms with Gasteiger partial charge in [0.25, 0.3) is 11.8 Å². The molecule has 4 rings (SSSR count). The second-order valence-corrected chi connectivity index (χ2v) is 10.2. The van der Waals surface area contributed by atoms with Crippen LogP contribution in [-0.2, 0) is 9.59 Å². The van der Waals surface area contributed by atoms with Gasteiger partial charge in [-0.15, -0.1) is 0 Å². The number of imide groups is 2. The molecule has 0 unspecified atom stereocenters. The lowest BCUT2D eigenvalue weighted by atomic mass is 10.1. The predicted molar refractivity (Wildman–Crippen MR) is 141 cm³/mol. The van der Waals surface area contributed by atoms with Crippen LogP contribution in [0, 0.1) is 6.92 Å². The van der Waals surface area contributed by atoms with Crippen LogP contribution < -0.4 is 15.0 Å². The molecule has 0 aliphatic carbocycles. The van der Waals surface area contributed by atoms with Crippen molar-refractivity contribution in [2.45, 2.75) is 6.92 Å². The quantitative estimate of drug-likeness (QED) is 0.156. The van der Waals surface area contributed by atoms with Crippen molar-refractivity contribution in [1.82, 2.24) is 5.32 Å². The SMILES string of the molecule is Cc1ccc(C(=O)Oc2c(Br)cc(Br)cc2/C=C2/C(=O)NC(=O)N(c3ccc(Br)cc3)C2=O)cc1. The number of ether oxygens (including phenoxy) is 1. The zero-order valence-corrected chi connectivity index (χ0v) is 22.7. The number of barbiturate groups is 1. The van der Waals surface area contributed by atoms with Gasteiger partial charge in [0, 0.05) is 14.5 Å². The molecule has 1 fully saturated rings. The summed E-state index contributed by atoms with van der Waals surface area (Å²) in [7, 11) is 0. The van der Waals surface area contributed by atoms with E-state index in [1.54, 1.807) is 60.7 Å². The standard InChI is InChI=1S/C25H15Br3N2O5/c1-13-2-4-14(5-3-13)24(33)35-21-15(10-17(27)12-20(21)28)11-19-22(31)29-25(34)30(23(19)32)18-8-6-16(26)7-9-18/h2-12H,1H3,(H,29,31,34)/b19-11-. The van der Waals surface area contributed by atoms with Gasteiger partial charge in [0.1, 0.15) is 5.57 Å². The average Bonchev–Trinajstić information content (AvgIpc) is 2.80. The Labute approximate surface area is 225 Å². The Kier molecular flexibility index (Phi) is 7.34. The third kappa shape index (κ3) is 5.44. The number of urea groups is 1. The third-order valence-electron chi connectivity index (χ3n) is 5.01. The Bertz CT molecular complexity index is 1400. The molecule has 4 amide bonds. The minimum Gasteiger partial charge on any atom is -0.421 e. The zero-order chi connectivity index (χ0) is 25.3. The van der Waals surface area contributed by atoms with Gasteiger partial charge in [-0.05, 0) is 77.5 Å². The maximum atomic E-state index is 13.2. The third-order valence-corrected chi connectivity index (χ3v) is 6.58. The zero-order valence-electron chi connectivity index (χ0n) is 18.0. The summed E-state index contributed by atoms with van der Waals surface area (Å²) in [5.74, 6) is -2.18. The predicted octanol–water partition coefficient (Wildman–Crippen LogP) is 6.17. The normalized spacial score (nSPS) is 14.8. The molecule has 3 aromatic carbocycles. The molecule has 7 nitrogen and oxygen atoms in total. The molecule has 0 spiro atoms. The summed E-state index contributed by atoms with van der Waals surface area (Å²) >= 11 is 10.1. The molecule has 0 bridgehead atoms. The first-order chi connectivity index (χ1) is 16.6. The van der Waals surface area contributed by atoms with Gasteiger partial charge < -0.3 is 4.74 Å². The summed E-state index contributed by atoms with van der Waals surface area (Å²) in [6.45, 7) is 1.90. The molecule has 0 aromatic heterocycles. The van der Waals surface area contributed by atoms with Crippen LogP contribution in [0.25, 0.3) is 6.08 Å². The fourth-order valence-electron chi connectivity index (χ4n) is 3.27. The van der Waals surface area contributed by atoms with Crippen LogP contribution in [0.5, 0.6) is 5.75 Å². The van der Waals surface area contributed by atoms with E-state index in [4.69, 9.17) is 4.74 Å². The van der Waals surface area contributed by atoms with Crippen molar-refractivity contribution in [3.8, 4) is 5.75 Å². The van der Waals surface area contributed by atoms with Crippen molar-refractivity contribution in [2.75, 3.05) is 4.90 Å². The fourth-order valence-corrected chi connectivity index (χ4v) is 4.88. The van der Waals surface area contributed by atoms with Gasteiger partial charge in [-0.3, -0.25) is 14.9 Å². The highest BCUT2D eigenvalue weighted by atomic mass is 79.9. The Balaban J connectivity index is 1.74. The smallest absolute Gasteiger partial charge is 0.343 e. The monoisotopic (exact) mass is 660 g/mol. The molecular formula is C25H15Br3N2O5. The first-order valence-corrected chi connectivity index (χ1v) is 12.5. The van der Waals surface area contributed by atoms with Gasteiger partial charge in [0.05, 0.1) is 15.7 Å². The lowest BCUT2D eigenvalue weighted by Crippen LogP contribution is -2.54. The van der Waals surface area contributed by atoms with Crippen LogP contribution in [0.3, 0.4) is 0 Å². The van der Waals surface area contributed by atoms with Crippen molar-refractivity contribution in [2.24, 2.45) is 0 Å². The molecule has 1 heterocycles. The minimum atomic E-state index is -0.861. The van der Waals surface area contributed by atoms with E-state index in [1.165, 1.54) is 6.08 Å². The first kappa shape index (κ1) is 25.0. The van der Waals surface area contributed by atoms with E-state index < -0.39 is 23.8 Å². The molecule has 0 atom stereocenters. The van der Waals surface area contributed by atoms with Gasteiger partial charge in [-0.2, -0.15) is 0 Å². The van der Waals surface area contributed by atoms with E-state index in [1.807, 2.05) is 6.92 Å². The van der Waals surface area contributed by atoms with Gasteiger partial charge in [-0.25, -0.2) is 14.5 Å². The summed E-state index contributed by atoms with van der Waals surface area (Å²) in [6, 6.07) is 15.7. The highest BCUT2D eigenvalue weighted by molar-refractivity contribution is 9.11. The van der Waals surface area contributed by atoms with E-state index in [0.717, 1.165) is 14.9 Å². The topological polar surface area (TPSA) is 92.8 Å². The summed E-state index contributed by atoms with van der Waals surface area (Å²) < 4.78 is 7.42. The number of carbonyl (C=O) groups excluding carboxylic acids is 4. The number of carbonyl (C=O) groups is 4. The fraction of sp³-hybridized carbons (Fsp3) is 0.0400. The largest absolute Gasteiger partial charge is 0.421 e. The van der Waals surface area contributed by atoms with Crippen LogP contribution in [0.2, 0.25) is 0 Å². The molecule has 3 aromatic rings. The number of anilines is 1. The van der Waals surface area contributed by atoms with Crippen LogP contribution in [-0.4, -0.2) is 23.8 Å². The molecule has 1 aliphatic rings. The molecule has 35 heavy (non-hydrogen) atoms. The number of hydrogen-bond donors (Lipinski definition) is 1. The summed E-state index contributed by atoms with van der Waals surface area (Å²) in [5.41, 5.74) is 1.59. The summed E-state index contributed by atoms with van der Waals surface area (Å²) in [4.78, 5) is 51.9. The highest BCUT2D eigenvalue weighted by Crippen LogP contribution is 2.36. The van der Waals surface area contributed by atoms with Crippen LogP contribution in [0.1, 0.15) is 21.5 Å². The number of benzene rings is 3. The maximum absolute atomic E-state index is 13.2. The van der Waals surface area contributed by atoms with Gasteiger partial charge in [-0.1, -0.05) is 49.6 Å².